The minimum atomic E-state index is -2.61. The second-order valence-electron chi connectivity index (χ2n) is 2.23. The lowest BCUT2D eigenvalue weighted by Gasteiger charge is -1.92. The van der Waals surface area contributed by atoms with Crippen LogP contribution in [0.15, 0.2) is 0 Å². The van der Waals surface area contributed by atoms with Crippen molar-refractivity contribution >= 4 is 23.3 Å². The Bertz CT molecular complexity index is 182. The van der Waals surface area contributed by atoms with E-state index in [1.165, 1.54) is 0 Å². The van der Waals surface area contributed by atoms with Gasteiger partial charge in [0.15, 0.2) is 0 Å². The van der Waals surface area contributed by atoms with Crippen molar-refractivity contribution in [3.8, 4) is 0 Å². The van der Waals surface area contributed by atoms with Crippen molar-refractivity contribution in [2.24, 2.45) is 0 Å². The van der Waals surface area contributed by atoms with Crippen molar-refractivity contribution in [3.05, 3.63) is 0 Å². The maximum Gasteiger partial charge on any atom is 0.303 e. The Morgan fingerprint density at radius 1 is 0.929 bits per heavy atom. The minimum Gasteiger partial charge on any atom is -0.481 e. The Hall–Kier alpha value is -0.990. The molecule has 0 atom stereocenters. The number of carboxylic acids is 2. The van der Waals surface area contributed by atoms with E-state index in [-0.39, 0.29) is 12.8 Å². The number of aliphatic carboxylic acids is 2. The molecule has 0 aliphatic heterocycles. The first-order valence-electron chi connectivity index (χ1n) is 3.59. The van der Waals surface area contributed by atoms with E-state index in [0.717, 1.165) is 0 Å². The van der Waals surface area contributed by atoms with Gasteiger partial charge in [0.1, 0.15) is 0 Å². The van der Waals surface area contributed by atoms with E-state index in [2.05, 4.69) is 0 Å². The average Bonchev–Trinajstić information content (AvgIpc) is 1.96. The number of carboxylic acid groups (broad SMARTS) is 2. The molecular weight excluding hydrogens is 216 g/mol. The lowest BCUT2D eigenvalue weighted by molar-refractivity contribution is -0.139. The number of carbonyl (C=O) groups is 2. The van der Waals surface area contributed by atoms with Gasteiger partial charge in [0, 0.05) is 12.8 Å². The Labute approximate surface area is 82.9 Å². The molecule has 0 saturated carbocycles. The maximum absolute atomic E-state index is 9.90. The summed E-state index contributed by atoms with van der Waals surface area (Å²) >= 11 is -2.61. The van der Waals surface area contributed by atoms with E-state index in [4.69, 9.17) is 23.5 Å². The molecule has 0 bridgehead atoms. The van der Waals surface area contributed by atoms with Crippen LogP contribution in [0.4, 0.5) is 0 Å². The zero-order chi connectivity index (χ0) is 11.6. The van der Waals surface area contributed by atoms with Crippen molar-refractivity contribution in [1.29, 1.82) is 0 Å². The quantitative estimate of drug-likeness (QED) is 0.395. The lowest BCUT2D eigenvalue weighted by atomic mass is 10.2. The molecular formula is C6H12O7S. The summed E-state index contributed by atoms with van der Waals surface area (Å²) in [5, 5.41) is 16.3. The van der Waals surface area contributed by atoms with E-state index in [9.17, 15) is 9.59 Å². The number of rotatable bonds is 5. The van der Waals surface area contributed by atoms with Crippen molar-refractivity contribution < 1.29 is 33.1 Å². The molecule has 7 nitrogen and oxygen atoms in total. The molecule has 84 valence electrons. The lowest BCUT2D eigenvalue weighted by Crippen LogP contribution is -1.97. The van der Waals surface area contributed by atoms with Crippen LogP contribution in [0.5, 0.6) is 0 Å². The van der Waals surface area contributed by atoms with Crippen molar-refractivity contribution in [3.63, 3.8) is 0 Å². The molecule has 0 aliphatic rings. The van der Waals surface area contributed by atoms with Crippen LogP contribution in [-0.4, -0.2) is 35.5 Å². The largest absolute Gasteiger partial charge is 0.481 e. The van der Waals surface area contributed by atoms with Gasteiger partial charge in [-0.15, -0.1) is 0 Å². The van der Waals surface area contributed by atoms with Crippen molar-refractivity contribution in [2.75, 3.05) is 0 Å². The molecule has 0 saturated heterocycles. The molecule has 0 fully saturated rings. The predicted octanol–water partition coefficient (Wildman–Crippen LogP) is 0.397. The summed E-state index contributed by atoms with van der Waals surface area (Å²) in [4.78, 5) is 19.8. The van der Waals surface area contributed by atoms with E-state index in [1.807, 2.05) is 0 Å². The first-order valence-corrected chi connectivity index (χ1v) is 4.66. The average molecular weight is 228 g/mol. The minimum absolute atomic E-state index is 0.0628. The molecule has 0 spiro atoms. The van der Waals surface area contributed by atoms with Gasteiger partial charge in [0.05, 0.1) is 0 Å². The van der Waals surface area contributed by atoms with Crippen molar-refractivity contribution in [1.82, 2.24) is 0 Å². The zero-order valence-electron chi connectivity index (χ0n) is 7.25. The van der Waals surface area contributed by atoms with Crippen LogP contribution in [0.2, 0.25) is 0 Å². The first-order chi connectivity index (χ1) is 6.36. The summed E-state index contributed by atoms with van der Waals surface area (Å²) in [6.45, 7) is 0. The molecule has 4 N–H and O–H groups in total. The predicted molar refractivity (Wildman–Crippen MR) is 47.1 cm³/mol. The van der Waals surface area contributed by atoms with Crippen LogP contribution in [0.1, 0.15) is 25.7 Å². The summed E-state index contributed by atoms with van der Waals surface area (Å²) in [6, 6.07) is 0. The number of unbranched alkanes of at least 4 members (excludes halogenated alkanes) is 1. The van der Waals surface area contributed by atoms with Gasteiger partial charge in [-0.3, -0.25) is 18.7 Å². The van der Waals surface area contributed by atoms with E-state index < -0.39 is 23.3 Å². The van der Waals surface area contributed by atoms with Crippen LogP contribution in [0, 0.1) is 0 Å². The normalized spacial score (nSPS) is 9.07. The molecule has 0 radical (unpaired) electrons. The summed E-state index contributed by atoms with van der Waals surface area (Å²) in [6.07, 6.45) is 1.02. The summed E-state index contributed by atoms with van der Waals surface area (Å²) < 4.78 is 22.8. The van der Waals surface area contributed by atoms with Crippen molar-refractivity contribution in [2.45, 2.75) is 25.7 Å². The summed E-state index contributed by atoms with van der Waals surface area (Å²) in [5.74, 6) is -1.74. The Morgan fingerprint density at radius 2 is 1.14 bits per heavy atom. The van der Waals surface area contributed by atoms with Gasteiger partial charge in [-0.05, 0) is 12.8 Å². The van der Waals surface area contributed by atoms with Crippen LogP contribution < -0.4 is 0 Å². The Balaban J connectivity index is 0. The van der Waals surface area contributed by atoms with Crippen LogP contribution >= 0.6 is 0 Å². The van der Waals surface area contributed by atoms with Gasteiger partial charge in [-0.25, -0.2) is 0 Å². The van der Waals surface area contributed by atoms with Crippen LogP contribution in [0.25, 0.3) is 0 Å². The molecule has 8 heteroatoms. The smallest absolute Gasteiger partial charge is 0.303 e. The van der Waals surface area contributed by atoms with Gasteiger partial charge >= 0.3 is 11.9 Å². The fourth-order valence-corrected chi connectivity index (χ4v) is 0.552. The topological polar surface area (TPSA) is 132 Å². The summed E-state index contributed by atoms with van der Waals surface area (Å²) in [7, 11) is 0. The zero-order valence-corrected chi connectivity index (χ0v) is 8.07. The van der Waals surface area contributed by atoms with Crippen LogP contribution in [-0.2, 0) is 21.0 Å². The molecule has 14 heavy (non-hydrogen) atoms. The molecule has 0 aliphatic carbocycles. The highest BCUT2D eigenvalue weighted by atomic mass is 32.2. The molecule has 0 heterocycles. The van der Waals surface area contributed by atoms with Gasteiger partial charge in [-0.2, -0.15) is 4.21 Å². The van der Waals surface area contributed by atoms with E-state index in [0.29, 0.717) is 12.8 Å². The Morgan fingerprint density at radius 3 is 1.29 bits per heavy atom. The highest BCUT2D eigenvalue weighted by molar-refractivity contribution is 7.73. The Kier molecular flexibility index (Phi) is 11.2. The van der Waals surface area contributed by atoms with E-state index >= 15 is 0 Å². The van der Waals surface area contributed by atoms with Crippen LogP contribution in [0.3, 0.4) is 0 Å². The fourth-order valence-electron chi connectivity index (χ4n) is 0.552. The van der Waals surface area contributed by atoms with Gasteiger partial charge in [0.2, 0.25) is 0 Å². The SMILES string of the molecule is O=C(O)CCCCC(=O)O.O=S(O)O. The third-order valence-corrected chi connectivity index (χ3v) is 1.03. The monoisotopic (exact) mass is 228 g/mol. The van der Waals surface area contributed by atoms with Gasteiger partial charge in [-0.1, -0.05) is 0 Å². The van der Waals surface area contributed by atoms with Gasteiger partial charge < -0.3 is 10.2 Å². The van der Waals surface area contributed by atoms with E-state index in [1.54, 1.807) is 0 Å². The molecule has 0 aromatic carbocycles. The number of hydrogen-bond acceptors (Lipinski definition) is 3. The molecule has 0 aromatic rings. The fraction of sp³-hybridized carbons (Fsp3) is 0.667. The summed E-state index contributed by atoms with van der Waals surface area (Å²) in [5.41, 5.74) is 0. The highest BCUT2D eigenvalue weighted by Crippen LogP contribution is 1.98. The second-order valence-corrected chi connectivity index (χ2v) is 2.69. The first kappa shape index (κ1) is 15.5. The third-order valence-electron chi connectivity index (χ3n) is 1.03. The second kappa shape index (κ2) is 10.1. The van der Waals surface area contributed by atoms with Gasteiger partial charge in [0.25, 0.3) is 11.4 Å². The third kappa shape index (κ3) is 30.5. The highest BCUT2D eigenvalue weighted by Gasteiger charge is 1.99. The molecule has 0 unspecified atom stereocenters. The molecule has 0 rings (SSSR count). The molecule has 0 aromatic heterocycles. The maximum atomic E-state index is 9.90. The standard InChI is InChI=1S/C6H10O4.H2O3S/c7-5(8)3-1-2-4-6(9)10;1-4(2)3/h1-4H2,(H,7,8)(H,9,10);(H2,1,2,3). The molecule has 0 amide bonds. The number of hydrogen-bond donors (Lipinski definition) is 4.